The van der Waals surface area contributed by atoms with Crippen molar-refractivity contribution in [2.45, 2.75) is 38.3 Å². The molecule has 0 radical (unpaired) electrons. The Balaban J connectivity index is 1.85. The fourth-order valence-electron chi connectivity index (χ4n) is 2.77. The van der Waals surface area contributed by atoms with Crippen LogP contribution in [0, 0.1) is 12.8 Å². The second-order valence-electron chi connectivity index (χ2n) is 6.46. The van der Waals surface area contributed by atoms with E-state index in [1.54, 1.807) is 0 Å². The number of aliphatic hydroxyl groups is 1. The summed E-state index contributed by atoms with van der Waals surface area (Å²) in [5, 5.41) is 13.6. The number of hydrogen-bond donors (Lipinski definition) is 2. The zero-order valence-corrected chi connectivity index (χ0v) is 13.0. The van der Waals surface area contributed by atoms with E-state index in [0.717, 1.165) is 18.9 Å². The molecule has 3 heteroatoms. The van der Waals surface area contributed by atoms with Crippen molar-refractivity contribution >= 4 is 0 Å². The highest BCUT2D eigenvalue weighted by Gasteiger charge is 2.31. The van der Waals surface area contributed by atoms with Gasteiger partial charge in [0.05, 0.1) is 6.10 Å². The second-order valence-corrected chi connectivity index (χ2v) is 6.46. The van der Waals surface area contributed by atoms with Crippen LogP contribution in [0.4, 0.5) is 0 Å². The number of nitrogens with one attached hydrogen (secondary N) is 1. The lowest BCUT2D eigenvalue weighted by Crippen LogP contribution is -2.41. The minimum Gasteiger partial charge on any atom is -0.390 e. The van der Waals surface area contributed by atoms with Crippen LogP contribution in [0.3, 0.4) is 0 Å². The maximum absolute atomic E-state index is 9.98. The highest BCUT2D eigenvalue weighted by atomic mass is 16.3. The zero-order valence-electron chi connectivity index (χ0n) is 13.0. The molecule has 0 amide bonds. The zero-order chi connectivity index (χ0) is 14.5. The first-order chi connectivity index (χ1) is 9.54. The van der Waals surface area contributed by atoms with Gasteiger partial charge in [-0.1, -0.05) is 29.8 Å². The Bertz CT molecular complexity index is 415. The summed E-state index contributed by atoms with van der Waals surface area (Å²) >= 11 is 0. The number of likely N-dealkylation sites (N-methyl/N-ethyl adjacent to an activating group) is 1. The molecule has 0 bridgehead atoms. The van der Waals surface area contributed by atoms with Gasteiger partial charge in [0.25, 0.3) is 0 Å². The van der Waals surface area contributed by atoms with E-state index in [4.69, 9.17) is 0 Å². The summed E-state index contributed by atoms with van der Waals surface area (Å²) in [4.78, 5) is 2.03. The van der Waals surface area contributed by atoms with E-state index in [1.807, 2.05) is 19.0 Å². The molecule has 0 aromatic heterocycles. The monoisotopic (exact) mass is 276 g/mol. The van der Waals surface area contributed by atoms with E-state index >= 15 is 0 Å². The Kier molecular flexibility index (Phi) is 5.58. The number of benzene rings is 1. The maximum Gasteiger partial charge on any atom is 0.0791 e. The minimum atomic E-state index is -0.288. The third-order valence-electron chi connectivity index (χ3n) is 3.92. The van der Waals surface area contributed by atoms with Gasteiger partial charge in [0.1, 0.15) is 0 Å². The van der Waals surface area contributed by atoms with Gasteiger partial charge < -0.3 is 15.3 Å². The van der Waals surface area contributed by atoms with Crippen molar-refractivity contribution in [3.05, 3.63) is 35.4 Å². The third kappa shape index (κ3) is 5.23. The molecular weight excluding hydrogens is 248 g/mol. The van der Waals surface area contributed by atoms with Crippen LogP contribution in [0.2, 0.25) is 0 Å². The van der Waals surface area contributed by atoms with Crippen molar-refractivity contribution in [3.63, 3.8) is 0 Å². The molecule has 112 valence electrons. The first kappa shape index (κ1) is 15.5. The SMILES string of the molecule is Cc1cccc(CC(NCC(O)CN(C)C)C2CC2)c1. The summed E-state index contributed by atoms with van der Waals surface area (Å²) in [6, 6.07) is 9.26. The van der Waals surface area contributed by atoms with Gasteiger partial charge in [0.15, 0.2) is 0 Å². The van der Waals surface area contributed by atoms with E-state index in [1.165, 1.54) is 24.0 Å². The molecule has 2 rings (SSSR count). The lowest BCUT2D eigenvalue weighted by molar-refractivity contribution is 0.130. The van der Waals surface area contributed by atoms with Gasteiger partial charge in [-0.05, 0) is 51.8 Å². The molecule has 1 fully saturated rings. The predicted octanol–water partition coefficient (Wildman–Crippen LogP) is 1.83. The average molecular weight is 276 g/mol. The topological polar surface area (TPSA) is 35.5 Å². The average Bonchev–Trinajstić information content (AvgIpc) is 3.17. The van der Waals surface area contributed by atoms with E-state index in [2.05, 4.69) is 36.5 Å². The molecule has 2 atom stereocenters. The molecule has 1 saturated carbocycles. The van der Waals surface area contributed by atoms with Crippen molar-refractivity contribution in [1.82, 2.24) is 10.2 Å². The summed E-state index contributed by atoms with van der Waals surface area (Å²) in [7, 11) is 3.99. The third-order valence-corrected chi connectivity index (χ3v) is 3.92. The Morgan fingerprint density at radius 1 is 1.35 bits per heavy atom. The highest BCUT2D eigenvalue weighted by molar-refractivity contribution is 5.23. The summed E-state index contributed by atoms with van der Waals surface area (Å²) in [6.07, 6.45) is 3.44. The number of aliphatic hydroxyl groups excluding tert-OH is 1. The van der Waals surface area contributed by atoms with E-state index in [-0.39, 0.29) is 6.10 Å². The number of nitrogens with zero attached hydrogens (tertiary/aromatic N) is 1. The van der Waals surface area contributed by atoms with Crippen molar-refractivity contribution in [2.75, 3.05) is 27.2 Å². The van der Waals surface area contributed by atoms with Gasteiger partial charge in [-0.15, -0.1) is 0 Å². The van der Waals surface area contributed by atoms with Gasteiger partial charge in [-0.25, -0.2) is 0 Å². The fourth-order valence-corrected chi connectivity index (χ4v) is 2.77. The molecular formula is C17H28N2O. The van der Waals surface area contributed by atoms with E-state index in [9.17, 15) is 5.11 Å². The lowest BCUT2D eigenvalue weighted by atomic mass is 10.0. The van der Waals surface area contributed by atoms with Gasteiger partial charge in [-0.2, -0.15) is 0 Å². The van der Waals surface area contributed by atoms with Crippen molar-refractivity contribution < 1.29 is 5.11 Å². The van der Waals surface area contributed by atoms with Crippen LogP contribution in [-0.2, 0) is 6.42 Å². The molecule has 1 aliphatic rings. The predicted molar refractivity (Wildman–Crippen MR) is 84.0 cm³/mol. The van der Waals surface area contributed by atoms with E-state index in [0.29, 0.717) is 12.6 Å². The molecule has 1 aromatic rings. The lowest BCUT2D eigenvalue weighted by Gasteiger charge is -2.22. The number of hydrogen-bond acceptors (Lipinski definition) is 3. The summed E-state index contributed by atoms with van der Waals surface area (Å²) in [5.74, 6) is 0.794. The Labute approximate surface area is 123 Å². The first-order valence-electron chi connectivity index (χ1n) is 7.66. The number of aryl methyl sites for hydroxylation is 1. The molecule has 1 aromatic carbocycles. The van der Waals surface area contributed by atoms with Gasteiger partial charge in [0.2, 0.25) is 0 Å². The van der Waals surface area contributed by atoms with Gasteiger partial charge in [0, 0.05) is 19.1 Å². The first-order valence-corrected chi connectivity index (χ1v) is 7.66. The minimum absolute atomic E-state index is 0.288. The molecule has 3 nitrogen and oxygen atoms in total. The Hall–Kier alpha value is -0.900. The molecule has 0 saturated heterocycles. The molecule has 2 N–H and O–H groups in total. The van der Waals surface area contributed by atoms with Gasteiger partial charge >= 0.3 is 0 Å². The maximum atomic E-state index is 9.98. The standard InChI is InChI=1S/C17H28N2O/c1-13-5-4-6-14(9-13)10-17(15-7-8-15)18-11-16(20)12-19(2)3/h4-6,9,15-18,20H,7-8,10-12H2,1-3H3. The molecule has 0 aliphatic heterocycles. The molecule has 1 aliphatic carbocycles. The molecule has 0 heterocycles. The fraction of sp³-hybridized carbons (Fsp3) is 0.647. The summed E-state index contributed by atoms with van der Waals surface area (Å²) < 4.78 is 0. The van der Waals surface area contributed by atoms with Crippen LogP contribution in [-0.4, -0.2) is 49.3 Å². The molecule has 2 unspecified atom stereocenters. The van der Waals surface area contributed by atoms with Crippen LogP contribution in [0.1, 0.15) is 24.0 Å². The van der Waals surface area contributed by atoms with Crippen LogP contribution < -0.4 is 5.32 Å². The normalized spacial score (nSPS) is 18.2. The highest BCUT2D eigenvalue weighted by Crippen LogP contribution is 2.34. The summed E-state index contributed by atoms with van der Waals surface area (Å²) in [6.45, 7) is 3.55. The quantitative estimate of drug-likeness (QED) is 0.760. The molecule has 20 heavy (non-hydrogen) atoms. The molecule has 0 spiro atoms. The van der Waals surface area contributed by atoms with Gasteiger partial charge in [-0.3, -0.25) is 0 Å². The Morgan fingerprint density at radius 2 is 2.10 bits per heavy atom. The van der Waals surface area contributed by atoms with Crippen molar-refractivity contribution in [1.29, 1.82) is 0 Å². The van der Waals surface area contributed by atoms with Crippen LogP contribution >= 0.6 is 0 Å². The van der Waals surface area contributed by atoms with Crippen LogP contribution in [0.25, 0.3) is 0 Å². The van der Waals surface area contributed by atoms with Crippen LogP contribution in [0.15, 0.2) is 24.3 Å². The Morgan fingerprint density at radius 3 is 2.70 bits per heavy atom. The number of rotatable bonds is 8. The van der Waals surface area contributed by atoms with Crippen molar-refractivity contribution in [2.24, 2.45) is 5.92 Å². The second kappa shape index (κ2) is 7.21. The van der Waals surface area contributed by atoms with Crippen molar-refractivity contribution in [3.8, 4) is 0 Å². The van der Waals surface area contributed by atoms with E-state index < -0.39 is 0 Å². The summed E-state index contributed by atoms with van der Waals surface area (Å²) in [5.41, 5.74) is 2.72. The van der Waals surface area contributed by atoms with Crippen LogP contribution in [0.5, 0.6) is 0 Å². The largest absolute Gasteiger partial charge is 0.390 e. The smallest absolute Gasteiger partial charge is 0.0791 e.